The molecular formula is C26H27N3O2. The first-order valence-electron chi connectivity index (χ1n) is 10.2. The molecule has 5 nitrogen and oxygen atoms in total. The summed E-state index contributed by atoms with van der Waals surface area (Å²) in [4.78, 5) is 14.9. The summed E-state index contributed by atoms with van der Waals surface area (Å²) >= 11 is 0. The van der Waals surface area contributed by atoms with Crippen molar-refractivity contribution in [2.45, 2.75) is 19.9 Å². The van der Waals surface area contributed by atoms with Gasteiger partial charge in [0.25, 0.3) is 0 Å². The first-order valence-corrected chi connectivity index (χ1v) is 10.2. The Morgan fingerprint density at radius 2 is 1.71 bits per heavy atom. The van der Waals surface area contributed by atoms with Crippen LogP contribution in [-0.2, 0) is 9.53 Å². The van der Waals surface area contributed by atoms with Crippen LogP contribution < -0.4 is 10.2 Å². The van der Waals surface area contributed by atoms with Crippen LogP contribution in [0.15, 0.2) is 66.7 Å². The zero-order valence-corrected chi connectivity index (χ0v) is 18.3. The van der Waals surface area contributed by atoms with E-state index in [0.29, 0.717) is 12.2 Å². The van der Waals surface area contributed by atoms with Crippen LogP contribution in [0.4, 0.5) is 11.4 Å². The maximum Gasteiger partial charge on any atom is 0.333 e. The lowest BCUT2D eigenvalue weighted by Gasteiger charge is -2.20. The van der Waals surface area contributed by atoms with Gasteiger partial charge in [-0.2, -0.15) is 5.26 Å². The highest BCUT2D eigenvalue weighted by molar-refractivity contribution is 5.82. The van der Waals surface area contributed by atoms with Gasteiger partial charge in [-0.1, -0.05) is 29.8 Å². The fourth-order valence-corrected chi connectivity index (χ4v) is 3.41. The van der Waals surface area contributed by atoms with Gasteiger partial charge in [0.2, 0.25) is 0 Å². The van der Waals surface area contributed by atoms with Crippen LogP contribution >= 0.6 is 0 Å². The second-order valence-corrected chi connectivity index (χ2v) is 7.59. The molecule has 0 amide bonds. The number of hydrogen-bond donors (Lipinski definition) is 1. The third-order valence-corrected chi connectivity index (χ3v) is 5.00. The zero-order valence-electron chi connectivity index (χ0n) is 18.3. The number of hydrogen-bond acceptors (Lipinski definition) is 5. The molecule has 0 bridgehead atoms. The van der Waals surface area contributed by atoms with Crippen LogP contribution in [0.5, 0.6) is 0 Å². The lowest BCUT2D eigenvalue weighted by atomic mass is 9.96. The first kappa shape index (κ1) is 21.9. The molecule has 3 aromatic carbocycles. The van der Waals surface area contributed by atoms with Crippen LogP contribution in [0, 0.1) is 18.3 Å². The maximum atomic E-state index is 12.8. The summed E-state index contributed by atoms with van der Waals surface area (Å²) in [5.41, 5.74) is 6.44. The molecule has 0 fully saturated rings. The normalized spacial score (nSPS) is 11.3. The van der Waals surface area contributed by atoms with Crippen LogP contribution in [0.25, 0.3) is 11.1 Å². The highest BCUT2D eigenvalue weighted by Gasteiger charge is 2.23. The van der Waals surface area contributed by atoms with Crippen LogP contribution in [0.2, 0.25) is 0 Å². The Morgan fingerprint density at radius 3 is 2.29 bits per heavy atom. The molecular weight excluding hydrogens is 386 g/mol. The molecule has 0 saturated carbocycles. The third-order valence-electron chi connectivity index (χ3n) is 5.00. The molecule has 0 aliphatic heterocycles. The standard InChI is InChI=1S/C26H27N3O2/c1-5-31-26(30)25(28-23-10-6-19(17-27)7-11-23)22-15-18(2)14-21(16-22)20-8-12-24(13-9-20)29(3)4/h6-16,25,28H,5H2,1-4H3. The molecule has 0 heterocycles. The quantitative estimate of drug-likeness (QED) is 0.531. The lowest BCUT2D eigenvalue weighted by Crippen LogP contribution is -2.23. The number of ether oxygens (including phenoxy) is 1. The van der Waals surface area contributed by atoms with E-state index >= 15 is 0 Å². The van der Waals surface area contributed by atoms with Crippen molar-refractivity contribution < 1.29 is 9.53 Å². The molecule has 3 rings (SSSR count). The van der Waals surface area contributed by atoms with Gasteiger partial charge < -0.3 is 15.0 Å². The first-order chi connectivity index (χ1) is 14.9. The Balaban J connectivity index is 1.97. The minimum Gasteiger partial charge on any atom is -0.464 e. The molecule has 158 valence electrons. The van der Waals surface area contributed by atoms with E-state index < -0.39 is 6.04 Å². The minimum absolute atomic E-state index is 0.301. The summed E-state index contributed by atoms with van der Waals surface area (Å²) in [5.74, 6) is -0.341. The summed E-state index contributed by atoms with van der Waals surface area (Å²) in [7, 11) is 4.02. The van der Waals surface area contributed by atoms with E-state index in [1.165, 1.54) is 0 Å². The summed E-state index contributed by atoms with van der Waals surface area (Å²) < 4.78 is 5.34. The van der Waals surface area contributed by atoms with Gasteiger partial charge in [-0.25, -0.2) is 4.79 Å². The molecule has 5 heteroatoms. The average molecular weight is 414 g/mol. The van der Waals surface area contributed by atoms with E-state index in [1.54, 1.807) is 31.2 Å². The number of nitrogens with zero attached hydrogens (tertiary/aromatic N) is 2. The predicted molar refractivity (Wildman–Crippen MR) is 125 cm³/mol. The summed E-state index contributed by atoms with van der Waals surface area (Å²) in [5, 5.41) is 12.3. The fraction of sp³-hybridized carbons (Fsp3) is 0.231. The van der Waals surface area contributed by atoms with E-state index in [0.717, 1.165) is 33.6 Å². The van der Waals surface area contributed by atoms with Crippen molar-refractivity contribution in [3.05, 3.63) is 83.4 Å². The average Bonchev–Trinajstić information content (AvgIpc) is 2.77. The summed E-state index contributed by atoms with van der Waals surface area (Å²) in [6, 6.07) is 22.9. The lowest BCUT2D eigenvalue weighted by molar-refractivity contribution is -0.144. The monoisotopic (exact) mass is 413 g/mol. The van der Waals surface area contributed by atoms with E-state index in [1.807, 2.05) is 33.2 Å². The second kappa shape index (κ2) is 9.82. The molecule has 0 aromatic heterocycles. The van der Waals surface area contributed by atoms with Crippen LogP contribution in [0.1, 0.15) is 29.7 Å². The van der Waals surface area contributed by atoms with Crippen molar-refractivity contribution in [3.63, 3.8) is 0 Å². The Bertz CT molecular complexity index is 1080. The number of carbonyl (C=O) groups is 1. The van der Waals surface area contributed by atoms with Crippen molar-refractivity contribution in [2.24, 2.45) is 0 Å². The molecule has 0 aliphatic rings. The number of benzene rings is 3. The molecule has 3 aromatic rings. The topological polar surface area (TPSA) is 65.4 Å². The fourth-order valence-electron chi connectivity index (χ4n) is 3.41. The summed E-state index contributed by atoms with van der Waals surface area (Å²) in [6.07, 6.45) is 0. The number of nitrogens with one attached hydrogen (secondary N) is 1. The van der Waals surface area contributed by atoms with Gasteiger partial charge in [0.05, 0.1) is 18.2 Å². The zero-order chi connectivity index (χ0) is 22.4. The van der Waals surface area contributed by atoms with Gasteiger partial charge in [-0.05, 0) is 73.0 Å². The highest BCUT2D eigenvalue weighted by Crippen LogP contribution is 2.29. The molecule has 0 aliphatic carbocycles. The Morgan fingerprint density at radius 1 is 1.03 bits per heavy atom. The van der Waals surface area contributed by atoms with Gasteiger partial charge in [0.15, 0.2) is 6.04 Å². The molecule has 1 atom stereocenters. The van der Waals surface area contributed by atoms with Gasteiger partial charge in [-0.3, -0.25) is 0 Å². The second-order valence-electron chi connectivity index (χ2n) is 7.59. The number of anilines is 2. The highest BCUT2D eigenvalue weighted by atomic mass is 16.5. The Labute approximate surface area is 183 Å². The number of carbonyl (C=O) groups excluding carboxylic acids is 1. The Hall–Kier alpha value is -3.78. The number of rotatable bonds is 7. The van der Waals surface area contributed by atoms with Gasteiger partial charge in [-0.15, -0.1) is 0 Å². The van der Waals surface area contributed by atoms with Crippen LogP contribution in [0.3, 0.4) is 0 Å². The number of esters is 1. The molecule has 0 radical (unpaired) electrons. The van der Waals surface area contributed by atoms with Gasteiger partial charge in [0, 0.05) is 25.5 Å². The maximum absolute atomic E-state index is 12.8. The molecule has 0 spiro atoms. The van der Waals surface area contributed by atoms with Crippen LogP contribution in [-0.4, -0.2) is 26.7 Å². The van der Waals surface area contributed by atoms with Crippen molar-refractivity contribution in [1.82, 2.24) is 0 Å². The van der Waals surface area contributed by atoms with Crippen molar-refractivity contribution >= 4 is 17.3 Å². The van der Waals surface area contributed by atoms with Crippen molar-refractivity contribution in [2.75, 3.05) is 30.9 Å². The van der Waals surface area contributed by atoms with Gasteiger partial charge >= 0.3 is 5.97 Å². The molecule has 31 heavy (non-hydrogen) atoms. The SMILES string of the molecule is CCOC(=O)C(Nc1ccc(C#N)cc1)c1cc(C)cc(-c2ccc(N(C)C)cc2)c1. The largest absolute Gasteiger partial charge is 0.464 e. The van der Waals surface area contributed by atoms with E-state index in [4.69, 9.17) is 10.00 Å². The molecule has 1 N–H and O–H groups in total. The number of nitriles is 1. The summed E-state index contributed by atoms with van der Waals surface area (Å²) in [6.45, 7) is 4.12. The number of aryl methyl sites for hydroxylation is 1. The smallest absolute Gasteiger partial charge is 0.333 e. The van der Waals surface area contributed by atoms with E-state index in [-0.39, 0.29) is 5.97 Å². The molecule has 0 saturated heterocycles. The third kappa shape index (κ3) is 5.43. The van der Waals surface area contributed by atoms with E-state index in [9.17, 15) is 4.79 Å². The molecule has 1 unspecified atom stereocenters. The van der Waals surface area contributed by atoms with Gasteiger partial charge in [0.1, 0.15) is 0 Å². The van der Waals surface area contributed by atoms with E-state index in [2.05, 4.69) is 46.6 Å². The Kier molecular flexibility index (Phi) is 6.94. The van der Waals surface area contributed by atoms with Crippen molar-refractivity contribution in [1.29, 1.82) is 5.26 Å². The minimum atomic E-state index is -0.660. The van der Waals surface area contributed by atoms with Crippen molar-refractivity contribution in [3.8, 4) is 17.2 Å². The predicted octanol–water partition coefficient (Wildman–Crippen LogP) is 5.32.